The van der Waals surface area contributed by atoms with Crippen LogP contribution in [0.25, 0.3) is 0 Å². The predicted molar refractivity (Wildman–Crippen MR) is 95.3 cm³/mol. The third-order valence-corrected chi connectivity index (χ3v) is 6.78. The molecule has 1 heterocycles. The molecule has 0 aromatic rings. The molecule has 0 atom stereocenters. The lowest BCUT2D eigenvalue weighted by molar-refractivity contribution is -0.197. The quantitative estimate of drug-likeness (QED) is 0.586. The Morgan fingerprint density at radius 3 is 1.96 bits per heavy atom. The number of halogens is 2. The Morgan fingerprint density at radius 1 is 0.840 bits per heavy atom. The lowest BCUT2D eigenvalue weighted by atomic mass is 9.69. The molecule has 1 aliphatic heterocycles. The van der Waals surface area contributed by atoms with Gasteiger partial charge in [0.15, 0.2) is 6.29 Å². The summed E-state index contributed by atoms with van der Waals surface area (Å²) in [5.74, 6) is 3.40. The predicted octanol–water partition coefficient (Wildman–Crippen LogP) is 6.17. The fourth-order valence-electron chi connectivity index (χ4n) is 5.08. The average Bonchev–Trinajstić information content (AvgIpc) is 2.62. The number of rotatable bonds is 5. The van der Waals surface area contributed by atoms with Gasteiger partial charge >= 0.3 is 0 Å². The molecule has 0 aromatic heterocycles. The zero-order chi connectivity index (χ0) is 17.6. The van der Waals surface area contributed by atoms with Gasteiger partial charge in [-0.3, -0.25) is 0 Å². The van der Waals surface area contributed by atoms with Crippen molar-refractivity contribution in [3.8, 4) is 0 Å². The molecule has 0 N–H and O–H groups in total. The summed E-state index contributed by atoms with van der Waals surface area (Å²) in [6, 6.07) is 0. The highest BCUT2D eigenvalue weighted by atomic mass is 19.3. The van der Waals surface area contributed by atoms with E-state index in [1.807, 2.05) is 0 Å². The third-order valence-electron chi connectivity index (χ3n) is 6.78. The van der Waals surface area contributed by atoms with Gasteiger partial charge in [-0.05, 0) is 68.3 Å². The lowest BCUT2D eigenvalue weighted by Crippen LogP contribution is -2.32. The normalized spacial score (nSPS) is 39.8. The SMILES string of the molecule is CC1CCC(C2CCC(CCC3OCC(C=C(F)F)CO3)CC2)CC1. The molecule has 0 bridgehead atoms. The van der Waals surface area contributed by atoms with Crippen molar-refractivity contribution in [2.75, 3.05) is 13.2 Å². The van der Waals surface area contributed by atoms with Gasteiger partial charge in [-0.25, -0.2) is 0 Å². The first kappa shape index (κ1) is 19.3. The summed E-state index contributed by atoms with van der Waals surface area (Å²) in [6.07, 6.45) is 12.5. The summed E-state index contributed by atoms with van der Waals surface area (Å²) in [7, 11) is 0. The Balaban J connectivity index is 1.30. The summed E-state index contributed by atoms with van der Waals surface area (Å²) in [6.45, 7) is 3.11. The first-order valence-electron chi connectivity index (χ1n) is 10.4. The van der Waals surface area contributed by atoms with Crippen LogP contribution in [-0.4, -0.2) is 19.5 Å². The third kappa shape index (κ3) is 6.02. The monoisotopic (exact) mass is 356 g/mol. The standard InChI is InChI=1S/C21H34F2O2/c1-15-2-7-18(8-3-15)19-9-4-16(5-10-19)6-11-21-24-13-17(14-25-21)12-20(22)23/h12,15-19,21H,2-11,13-14H2,1H3. The summed E-state index contributed by atoms with van der Waals surface area (Å²) in [4.78, 5) is 0. The van der Waals surface area contributed by atoms with Crippen molar-refractivity contribution in [1.29, 1.82) is 0 Å². The zero-order valence-electron chi connectivity index (χ0n) is 15.6. The highest BCUT2D eigenvalue weighted by Gasteiger charge is 2.30. The molecule has 1 saturated heterocycles. The van der Waals surface area contributed by atoms with E-state index >= 15 is 0 Å². The molecule has 4 heteroatoms. The van der Waals surface area contributed by atoms with Gasteiger partial charge in [0.25, 0.3) is 6.08 Å². The summed E-state index contributed by atoms with van der Waals surface area (Å²) in [5, 5.41) is 0. The largest absolute Gasteiger partial charge is 0.352 e. The Morgan fingerprint density at radius 2 is 1.40 bits per heavy atom. The van der Waals surface area contributed by atoms with Crippen molar-refractivity contribution in [3.05, 3.63) is 12.2 Å². The summed E-state index contributed by atoms with van der Waals surface area (Å²) < 4.78 is 35.7. The van der Waals surface area contributed by atoms with Crippen LogP contribution in [0.3, 0.4) is 0 Å². The van der Waals surface area contributed by atoms with Crippen molar-refractivity contribution in [3.63, 3.8) is 0 Å². The van der Waals surface area contributed by atoms with Crippen LogP contribution in [-0.2, 0) is 9.47 Å². The van der Waals surface area contributed by atoms with Gasteiger partial charge < -0.3 is 9.47 Å². The lowest BCUT2D eigenvalue weighted by Gasteiger charge is -2.37. The van der Waals surface area contributed by atoms with Crippen LogP contribution < -0.4 is 0 Å². The molecule has 0 amide bonds. The maximum Gasteiger partial charge on any atom is 0.266 e. The van der Waals surface area contributed by atoms with Crippen molar-refractivity contribution >= 4 is 0 Å². The van der Waals surface area contributed by atoms with Crippen LogP contribution in [0, 0.1) is 29.6 Å². The number of hydrogen-bond acceptors (Lipinski definition) is 2. The summed E-state index contributed by atoms with van der Waals surface area (Å²) >= 11 is 0. The van der Waals surface area contributed by atoms with E-state index in [4.69, 9.17) is 9.47 Å². The van der Waals surface area contributed by atoms with Crippen molar-refractivity contribution in [2.45, 2.75) is 77.4 Å². The van der Waals surface area contributed by atoms with E-state index in [0.29, 0.717) is 13.2 Å². The molecule has 2 saturated carbocycles. The van der Waals surface area contributed by atoms with Gasteiger partial charge in [-0.15, -0.1) is 0 Å². The molecule has 0 aromatic carbocycles. The van der Waals surface area contributed by atoms with Crippen molar-refractivity contribution < 1.29 is 18.3 Å². The van der Waals surface area contributed by atoms with Crippen LogP contribution in [0.15, 0.2) is 12.2 Å². The van der Waals surface area contributed by atoms with E-state index in [1.165, 1.54) is 51.4 Å². The highest BCUT2D eigenvalue weighted by molar-refractivity contribution is 4.89. The minimum atomic E-state index is -1.64. The first-order chi connectivity index (χ1) is 12.1. The van der Waals surface area contributed by atoms with E-state index in [9.17, 15) is 8.78 Å². The topological polar surface area (TPSA) is 18.5 Å². The molecule has 0 spiro atoms. The van der Waals surface area contributed by atoms with Gasteiger partial charge in [-0.1, -0.05) is 32.6 Å². The van der Waals surface area contributed by atoms with E-state index in [1.54, 1.807) is 0 Å². The Hall–Kier alpha value is -0.480. The second kappa shape index (κ2) is 9.45. The molecular formula is C21H34F2O2. The van der Waals surface area contributed by atoms with Gasteiger partial charge in [0.05, 0.1) is 13.2 Å². The molecule has 25 heavy (non-hydrogen) atoms. The Bertz CT molecular complexity index is 412. The van der Waals surface area contributed by atoms with Gasteiger partial charge in [0, 0.05) is 5.92 Å². The molecule has 0 radical (unpaired) electrons. The zero-order valence-corrected chi connectivity index (χ0v) is 15.6. The van der Waals surface area contributed by atoms with Gasteiger partial charge in [0.2, 0.25) is 0 Å². The van der Waals surface area contributed by atoms with Crippen molar-refractivity contribution in [2.24, 2.45) is 29.6 Å². The molecule has 3 aliphatic rings. The molecule has 3 fully saturated rings. The van der Waals surface area contributed by atoms with Crippen LogP contribution >= 0.6 is 0 Å². The Labute approximate surface area is 151 Å². The molecule has 2 nitrogen and oxygen atoms in total. The minimum absolute atomic E-state index is 0.190. The number of ether oxygens (including phenoxy) is 2. The Kier molecular flexibility index (Phi) is 7.29. The van der Waals surface area contributed by atoms with Gasteiger partial charge in [0.1, 0.15) is 0 Å². The van der Waals surface area contributed by atoms with Crippen molar-refractivity contribution in [1.82, 2.24) is 0 Å². The number of hydrogen-bond donors (Lipinski definition) is 0. The minimum Gasteiger partial charge on any atom is -0.352 e. The second-order valence-corrected chi connectivity index (χ2v) is 8.69. The van der Waals surface area contributed by atoms with E-state index in [2.05, 4.69) is 6.92 Å². The maximum absolute atomic E-state index is 12.2. The smallest absolute Gasteiger partial charge is 0.266 e. The average molecular weight is 356 g/mol. The maximum atomic E-state index is 12.2. The fraction of sp³-hybridized carbons (Fsp3) is 0.905. The van der Waals surface area contributed by atoms with Crippen LogP contribution in [0.5, 0.6) is 0 Å². The fourth-order valence-corrected chi connectivity index (χ4v) is 5.08. The van der Waals surface area contributed by atoms with Crippen LogP contribution in [0.1, 0.15) is 71.1 Å². The first-order valence-corrected chi connectivity index (χ1v) is 10.4. The molecule has 3 rings (SSSR count). The molecule has 0 unspecified atom stereocenters. The molecule has 2 aliphatic carbocycles. The molecule has 144 valence electrons. The summed E-state index contributed by atoms with van der Waals surface area (Å²) in [5.41, 5.74) is 0. The van der Waals surface area contributed by atoms with E-state index < -0.39 is 6.08 Å². The highest BCUT2D eigenvalue weighted by Crippen LogP contribution is 2.42. The van der Waals surface area contributed by atoms with Crippen LogP contribution in [0.4, 0.5) is 8.78 Å². The van der Waals surface area contributed by atoms with Gasteiger partial charge in [-0.2, -0.15) is 8.78 Å². The molecular weight excluding hydrogens is 322 g/mol. The van der Waals surface area contributed by atoms with E-state index in [0.717, 1.165) is 42.6 Å². The van der Waals surface area contributed by atoms with E-state index in [-0.39, 0.29) is 12.2 Å². The second-order valence-electron chi connectivity index (χ2n) is 8.69. The van der Waals surface area contributed by atoms with Crippen LogP contribution in [0.2, 0.25) is 0 Å².